The number of carbonyl (C=O) groups is 1. The predicted molar refractivity (Wildman–Crippen MR) is 71.5 cm³/mol. The van der Waals surface area contributed by atoms with Crippen LogP contribution in [0.25, 0.3) is 0 Å². The third-order valence-corrected chi connectivity index (χ3v) is 4.99. The van der Waals surface area contributed by atoms with Gasteiger partial charge in [-0.25, -0.2) is 10.9 Å². The highest BCUT2D eigenvalue weighted by Crippen LogP contribution is 2.49. The van der Waals surface area contributed by atoms with Crippen molar-refractivity contribution in [1.29, 1.82) is 0 Å². The molecule has 1 N–H and O–H groups in total. The second-order valence-corrected chi connectivity index (χ2v) is 7.30. The number of hydrogen-bond donors (Lipinski definition) is 2. The van der Waals surface area contributed by atoms with Crippen molar-refractivity contribution in [3.63, 3.8) is 0 Å². The van der Waals surface area contributed by atoms with E-state index in [2.05, 4.69) is 30.8 Å². The van der Waals surface area contributed by atoms with Crippen LogP contribution in [0.3, 0.4) is 0 Å². The number of anilines is 1. The van der Waals surface area contributed by atoms with E-state index in [4.69, 9.17) is 4.74 Å². The lowest BCUT2D eigenvalue weighted by Crippen LogP contribution is -2.39. The summed E-state index contributed by atoms with van der Waals surface area (Å²) >= 11 is 0. The molecule has 0 aromatic heterocycles. The number of hydrogen-bond acceptors (Lipinski definition) is 2. The van der Waals surface area contributed by atoms with Gasteiger partial charge in [0.1, 0.15) is 5.75 Å². The first-order valence-electron chi connectivity index (χ1n) is 5.85. The zero-order chi connectivity index (χ0) is 12.2. The maximum atomic E-state index is 11.9. The molecule has 0 saturated heterocycles. The maximum Gasteiger partial charge on any atom is 0.268 e. The topological polar surface area (TPSA) is 38.3 Å². The average Bonchev–Trinajstić information content (AvgIpc) is 3.02. The Kier molecular flexibility index (Phi) is 2.20. The Morgan fingerprint density at radius 3 is 2.65 bits per heavy atom. The third-order valence-electron chi connectivity index (χ3n) is 3.54. The molecule has 92 valence electrons. The summed E-state index contributed by atoms with van der Waals surface area (Å²) in [6, 6.07) is 4.13. The van der Waals surface area contributed by atoms with Crippen LogP contribution in [0.2, 0.25) is 0 Å². The van der Waals surface area contributed by atoms with Crippen molar-refractivity contribution in [1.82, 2.24) is 0 Å². The molecule has 17 heavy (non-hydrogen) atoms. The highest BCUT2D eigenvalue weighted by molar-refractivity contribution is 8.15. The van der Waals surface area contributed by atoms with E-state index in [1.807, 2.05) is 6.07 Å². The van der Waals surface area contributed by atoms with Gasteiger partial charge in [-0.3, -0.25) is 4.79 Å². The van der Waals surface area contributed by atoms with E-state index in [1.165, 1.54) is 4.90 Å². The Bertz CT molecular complexity index is 506. The molecule has 0 unspecified atom stereocenters. The van der Waals surface area contributed by atoms with Gasteiger partial charge in [0.05, 0.1) is 5.69 Å². The number of benzene rings is 1. The first-order valence-corrected chi connectivity index (χ1v) is 8.08. The number of rotatable bonds is 1. The molecule has 1 aromatic rings. The number of ether oxygens (including phenoxy) is 1. The van der Waals surface area contributed by atoms with E-state index in [-0.39, 0.29) is 16.8 Å². The lowest BCUT2D eigenvalue weighted by molar-refractivity contribution is -0.125. The molecule has 1 aliphatic heterocycles. The van der Waals surface area contributed by atoms with Gasteiger partial charge in [-0.1, -0.05) is 0 Å². The van der Waals surface area contributed by atoms with Crippen molar-refractivity contribution < 1.29 is 9.53 Å². The smallest absolute Gasteiger partial charge is 0.268 e. The van der Waals surface area contributed by atoms with Gasteiger partial charge in [0.15, 0.2) is 5.60 Å². The van der Waals surface area contributed by atoms with Gasteiger partial charge >= 0.3 is 0 Å². The van der Waals surface area contributed by atoms with E-state index in [1.54, 1.807) is 0 Å². The van der Waals surface area contributed by atoms with E-state index >= 15 is 0 Å². The van der Waals surface area contributed by atoms with Gasteiger partial charge in [0, 0.05) is 12.8 Å². The Morgan fingerprint density at radius 1 is 1.35 bits per heavy atom. The second kappa shape index (κ2) is 3.42. The lowest BCUT2D eigenvalue weighted by Gasteiger charge is -2.28. The Morgan fingerprint density at radius 2 is 2.06 bits per heavy atom. The molecule has 1 saturated carbocycles. The number of fused-ring (bicyclic) bond motifs is 1. The third kappa shape index (κ3) is 1.54. The quantitative estimate of drug-likeness (QED) is 0.753. The molecule has 1 heterocycles. The fourth-order valence-corrected chi connectivity index (χ4v) is 3.48. The minimum absolute atomic E-state index is 0.0294. The van der Waals surface area contributed by atoms with Gasteiger partial charge in [0.2, 0.25) is 0 Å². The van der Waals surface area contributed by atoms with E-state index < -0.39 is 5.60 Å². The molecule has 2 aliphatic rings. The van der Waals surface area contributed by atoms with Crippen LogP contribution >= 0.6 is 10.9 Å². The number of thiol groups is 1. The summed E-state index contributed by atoms with van der Waals surface area (Å²) in [6.07, 6.45) is 6.12. The summed E-state index contributed by atoms with van der Waals surface area (Å²) in [7, 11) is -0.161. The van der Waals surface area contributed by atoms with Crippen LogP contribution in [-0.4, -0.2) is 24.0 Å². The zero-order valence-corrected chi connectivity index (χ0v) is 11.2. The summed E-state index contributed by atoms with van der Waals surface area (Å²) in [5.74, 6) is 0.863. The SMILES string of the molecule is Cc1c([SH](C)C)ccc2c1NC(=O)C1(CC1)O2. The minimum Gasteiger partial charge on any atom is -0.475 e. The molecule has 0 radical (unpaired) electrons. The van der Waals surface area contributed by atoms with Crippen LogP contribution in [0.4, 0.5) is 5.69 Å². The monoisotopic (exact) mass is 251 g/mol. The van der Waals surface area contributed by atoms with Crippen LogP contribution in [-0.2, 0) is 4.79 Å². The zero-order valence-electron chi connectivity index (χ0n) is 10.3. The molecule has 1 aromatic carbocycles. The lowest BCUT2D eigenvalue weighted by atomic mass is 10.1. The Balaban J connectivity index is 2.08. The van der Waals surface area contributed by atoms with Crippen LogP contribution in [0.1, 0.15) is 18.4 Å². The normalized spacial score (nSPS) is 20.4. The van der Waals surface area contributed by atoms with Crippen molar-refractivity contribution >= 4 is 22.5 Å². The fourth-order valence-electron chi connectivity index (χ4n) is 2.33. The van der Waals surface area contributed by atoms with Gasteiger partial charge in [0.25, 0.3) is 5.91 Å². The molecule has 0 bridgehead atoms. The number of nitrogens with one attached hydrogen (secondary N) is 1. The summed E-state index contributed by atoms with van der Waals surface area (Å²) in [6.45, 7) is 2.06. The van der Waals surface area contributed by atoms with Gasteiger partial charge in [-0.2, -0.15) is 0 Å². The highest BCUT2D eigenvalue weighted by Gasteiger charge is 2.55. The molecule has 3 nitrogen and oxygen atoms in total. The van der Waals surface area contributed by atoms with Crippen LogP contribution in [0.15, 0.2) is 17.0 Å². The largest absolute Gasteiger partial charge is 0.475 e. The molecular formula is C13H17NO2S. The van der Waals surface area contributed by atoms with Crippen molar-refractivity contribution in [3.8, 4) is 5.75 Å². The first-order chi connectivity index (χ1) is 8.03. The van der Waals surface area contributed by atoms with Crippen molar-refractivity contribution in [2.75, 3.05) is 17.8 Å². The van der Waals surface area contributed by atoms with Gasteiger partial charge < -0.3 is 10.1 Å². The van der Waals surface area contributed by atoms with Crippen molar-refractivity contribution in [2.24, 2.45) is 0 Å². The van der Waals surface area contributed by atoms with Gasteiger partial charge in [-0.05, 0) is 42.0 Å². The second-order valence-electron chi connectivity index (χ2n) is 5.03. The summed E-state index contributed by atoms with van der Waals surface area (Å²) in [5, 5.41) is 3.02. The maximum absolute atomic E-state index is 11.9. The molecular weight excluding hydrogens is 234 g/mol. The summed E-state index contributed by atoms with van der Waals surface area (Å²) in [4.78, 5) is 13.3. The Labute approximate surface area is 104 Å². The molecule has 1 aliphatic carbocycles. The highest BCUT2D eigenvalue weighted by atomic mass is 32.2. The molecule has 4 heteroatoms. The van der Waals surface area contributed by atoms with E-state index in [0.717, 1.165) is 29.8 Å². The minimum atomic E-state index is -0.538. The number of carbonyl (C=O) groups excluding carboxylic acids is 1. The fraction of sp³-hybridized carbons (Fsp3) is 0.462. The predicted octanol–water partition coefficient (Wildman–Crippen LogP) is 2.48. The standard InChI is InChI=1S/C13H17NO2S/c1-8-10(17(2)3)5-4-9-11(8)14-12(15)13(16-9)6-7-13/h4-5,17H,6-7H2,1-3H3,(H,14,15). The summed E-state index contributed by atoms with van der Waals surface area (Å²) in [5.41, 5.74) is 1.49. The molecule has 1 spiro atoms. The van der Waals surface area contributed by atoms with E-state index in [9.17, 15) is 4.79 Å². The van der Waals surface area contributed by atoms with Crippen LogP contribution < -0.4 is 10.1 Å². The van der Waals surface area contributed by atoms with Crippen LogP contribution in [0, 0.1) is 6.92 Å². The molecule has 3 rings (SSSR count). The molecule has 1 amide bonds. The Hall–Kier alpha value is -1.16. The first kappa shape index (κ1) is 11.0. The summed E-state index contributed by atoms with van der Waals surface area (Å²) < 4.78 is 5.85. The average molecular weight is 251 g/mol. The molecule has 1 fully saturated rings. The van der Waals surface area contributed by atoms with Crippen molar-refractivity contribution in [2.45, 2.75) is 30.3 Å². The van der Waals surface area contributed by atoms with Gasteiger partial charge in [-0.15, -0.1) is 0 Å². The van der Waals surface area contributed by atoms with Crippen molar-refractivity contribution in [3.05, 3.63) is 17.7 Å². The number of amides is 1. The van der Waals surface area contributed by atoms with Crippen LogP contribution in [0.5, 0.6) is 5.75 Å². The van der Waals surface area contributed by atoms with E-state index in [0.29, 0.717) is 0 Å². The molecule has 0 atom stereocenters.